The van der Waals surface area contributed by atoms with Crippen LogP contribution in [0, 0.1) is 0 Å². The molecule has 3 heteroatoms. The van der Waals surface area contributed by atoms with Gasteiger partial charge in [-0.2, -0.15) is 0 Å². The average molecular weight is 263 g/mol. The molecular weight excluding hydrogens is 238 g/mol. The van der Waals surface area contributed by atoms with Gasteiger partial charge in [0.25, 0.3) is 0 Å². The van der Waals surface area contributed by atoms with Crippen LogP contribution in [0.25, 0.3) is 0 Å². The highest BCUT2D eigenvalue weighted by molar-refractivity contribution is 5.79. The summed E-state index contributed by atoms with van der Waals surface area (Å²) in [6.45, 7) is 9.61. The smallest absolute Gasteiger partial charge is 0.328 e. The van der Waals surface area contributed by atoms with E-state index in [-0.39, 0.29) is 12.0 Å². The summed E-state index contributed by atoms with van der Waals surface area (Å²) in [5, 5.41) is 3.24. The summed E-state index contributed by atoms with van der Waals surface area (Å²) in [4.78, 5) is 11.9. The Hall–Kier alpha value is -1.51. The SMILES string of the molecule is CCCc1ccccc1N[C@@H](C)C(=O)OC(C)(C)C. The third-order valence-electron chi connectivity index (χ3n) is 2.67. The Morgan fingerprint density at radius 1 is 1.32 bits per heavy atom. The van der Waals surface area contributed by atoms with Gasteiger partial charge in [0.2, 0.25) is 0 Å². The first-order chi connectivity index (χ1) is 8.83. The summed E-state index contributed by atoms with van der Waals surface area (Å²) in [5.41, 5.74) is 1.80. The third kappa shape index (κ3) is 5.33. The van der Waals surface area contributed by atoms with Gasteiger partial charge in [0.05, 0.1) is 0 Å². The number of hydrogen-bond donors (Lipinski definition) is 1. The highest BCUT2D eigenvalue weighted by Gasteiger charge is 2.21. The average Bonchev–Trinajstić information content (AvgIpc) is 2.29. The first kappa shape index (κ1) is 15.5. The molecule has 1 N–H and O–H groups in total. The van der Waals surface area contributed by atoms with Crippen LogP contribution in [0.2, 0.25) is 0 Å². The fraction of sp³-hybridized carbons (Fsp3) is 0.562. The van der Waals surface area contributed by atoms with Crippen LogP contribution in [0.3, 0.4) is 0 Å². The quantitative estimate of drug-likeness (QED) is 0.822. The summed E-state index contributed by atoms with van der Waals surface area (Å²) in [6, 6.07) is 7.74. The second kappa shape index (κ2) is 6.60. The van der Waals surface area contributed by atoms with E-state index in [0.29, 0.717) is 0 Å². The lowest BCUT2D eigenvalue weighted by Gasteiger charge is -2.23. The molecule has 0 heterocycles. The second-order valence-corrected chi connectivity index (χ2v) is 5.81. The predicted octanol–water partition coefficient (Wildman–Crippen LogP) is 3.78. The molecule has 0 spiro atoms. The lowest BCUT2D eigenvalue weighted by Crippen LogP contribution is -2.34. The van der Waals surface area contributed by atoms with Crippen molar-refractivity contribution in [2.45, 2.75) is 59.1 Å². The van der Waals surface area contributed by atoms with Crippen molar-refractivity contribution in [3.05, 3.63) is 29.8 Å². The van der Waals surface area contributed by atoms with E-state index in [4.69, 9.17) is 4.74 Å². The number of esters is 1. The Kier molecular flexibility index (Phi) is 5.40. The Bertz CT molecular complexity index is 421. The van der Waals surface area contributed by atoms with Crippen molar-refractivity contribution in [1.82, 2.24) is 0 Å². The number of aryl methyl sites for hydroxylation is 1. The first-order valence-corrected chi connectivity index (χ1v) is 6.91. The molecule has 0 radical (unpaired) electrons. The van der Waals surface area contributed by atoms with E-state index < -0.39 is 5.60 Å². The summed E-state index contributed by atoms with van der Waals surface area (Å²) >= 11 is 0. The van der Waals surface area contributed by atoms with Crippen LogP contribution in [0.5, 0.6) is 0 Å². The van der Waals surface area contributed by atoms with Crippen LogP contribution in [0.4, 0.5) is 5.69 Å². The minimum atomic E-state index is -0.448. The van der Waals surface area contributed by atoms with Crippen molar-refractivity contribution in [1.29, 1.82) is 0 Å². The van der Waals surface area contributed by atoms with Gasteiger partial charge >= 0.3 is 5.97 Å². The zero-order chi connectivity index (χ0) is 14.5. The number of carbonyl (C=O) groups excluding carboxylic acids is 1. The molecule has 3 nitrogen and oxygen atoms in total. The van der Waals surface area contributed by atoms with Crippen LogP contribution in [-0.2, 0) is 16.0 Å². The molecule has 0 unspecified atom stereocenters. The summed E-state index contributed by atoms with van der Waals surface area (Å²) in [5.74, 6) is -0.223. The third-order valence-corrected chi connectivity index (χ3v) is 2.67. The number of benzene rings is 1. The number of para-hydroxylation sites is 1. The molecule has 0 aromatic heterocycles. The van der Waals surface area contributed by atoms with Crippen molar-refractivity contribution >= 4 is 11.7 Å². The largest absolute Gasteiger partial charge is 0.458 e. The molecule has 0 saturated heterocycles. The molecule has 1 rings (SSSR count). The van der Waals surface area contributed by atoms with Crippen LogP contribution < -0.4 is 5.32 Å². The Morgan fingerprint density at radius 2 is 1.95 bits per heavy atom. The van der Waals surface area contributed by atoms with E-state index in [1.165, 1.54) is 5.56 Å². The maximum Gasteiger partial charge on any atom is 0.328 e. The highest BCUT2D eigenvalue weighted by Crippen LogP contribution is 2.18. The monoisotopic (exact) mass is 263 g/mol. The molecule has 0 aliphatic heterocycles. The van der Waals surface area contributed by atoms with Gasteiger partial charge in [0.15, 0.2) is 0 Å². The standard InChI is InChI=1S/C16H25NO2/c1-6-9-13-10-7-8-11-14(13)17-12(2)15(18)19-16(3,4)5/h7-8,10-12,17H,6,9H2,1-5H3/t12-/m0/s1. The Morgan fingerprint density at radius 3 is 2.53 bits per heavy atom. The van der Waals surface area contributed by atoms with E-state index >= 15 is 0 Å². The Balaban J connectivity index is 2.71. The normalized spacial score (nSPS) is 12.9. The molecule has 1 atom stereocenters. The fourth-order valence-corrected chi connectivity index (χ4v) is 1.83. The van der Waals surface area contributed by atoms with Gasteiger partial charge in [0, 0.05) is 5.69 Å². The first-order valence-electron chi connectivity index (χ1n) is 6.91. The van der Waals surface area contributed by atoms with Gasteiger partial charge in [-0.25, -0.2) is 4.79 Å². The van der Waals surface area contributed by atoms with Crippen molar-refractivity contribution < 1.29 is 9.53 Å². The van der Waals surface area contributed by atoms with Gasteiger partial charge in [-0.15, -0.1) is 0 Å². The van der Waals surface area contributed by atoms with E-state index in [0.717, 1.165) is 18.5 Å². The van der Waals surface area contributed by atoms with Gasteiger partial charge in [-0.1, -0.05) is 31.5 Å². The van der Waals surface area contributed by atoms with Crippen LogP contribution in [0.15, 0.2) is 24.3 Å². The van der Waals surface area contributed by atoms with Crippen molar-refractivity contribution in [3.63, 3.8) is 0 Å². The minimum absolute atomic E-state index is 0.223. The maximum atomic E-state index is 11.9. The van der Waals surface area contributed by atoms with Crippen molar-refractivity contribution in [2.24, 2.45) is 0 Å². The van der Waals surface area contributed by atoms with E-state index in [1.807, 2.05) is 45.9 Å². The predicted molar refractivity (Wildman–Crippen MR) is 79.4 cm³/mol. The van der Waals surface area contributed by atoms with Crippen LogP contribution in [-0.4, -0.2) is 17.6 Å². The molecular formula is C16H25NO2. The number of carbonyl (C=O) groups is 1. The van der Waals surface area contributed by atoms with E-state index in [1.54, 1.807) is 0 Å². The van der Waals surface area contributed by atoms with E-state index in [9.17, 15) is 4.79 Å². The van der Waals surface area contributed by atoms with Gasteiger partial charge < -0.3 is 10.1 Å². The highest BCUT2D eigenvalue weighted by atomic mass is 16.6. The summed E-state index contributed by atoms with van der Waals surface area (Å²) in [7, 11) is 0. The van der Waals surface area contributed by atoms with Crippen LogP contribution >= 0.6 is 0 Å². The number of rotatable bonds is 5. The zero-order valence-electron chi connectivity index (χ0n) is 12.6. The molecule has 19 heavy (non-hydrogen) atoms. The molecule has 1 aromatic rings. The zero-order valence-corrected chi connectivity index (χ0v) is 12.6. The molecule has 0 fully saturated rings. The van der Waals surface area contributed by atoms with E-state index in [2.05, 4.69) is 18.3 Å². The number of hydrogen-bond acceptors (Lipinski definition) is 3. The lowest BCUT2D eigenvalue weighted by molar-refractivity contribution is -0.155. The van der Waals surface area contributed by atoms with Crippen LogP contribution in [0.1, 0.15) is 46.6 Å². The number of nitrogens with one attached hydrogen (secondary N) is 1. The Labute approximate surface area is 116 Å². The van der Waals surface area contributed by atoms with Crippen molar-refractivity contribution in [3.8, 4) is 0 Å². The minimum Gasteiger partial charge on any atom is -0.458 e. The number of ether oxygens (including phenoxy) is 1. The van der Waals surface area contributed by atoms with Gasteiger partial charge in [0.1, 0.15) is 11.6 Å². The number of anilines is 1. The molecule has 0 amide bonds. The summed E-state index contributed by atoms with van der Waals surface area (Å²) in [6.07, 6.45) is 2.09. The fourth-order valence-electron chi connectivity index (χ4n) is 1.83. The molecule has 0 bridgehead atoms. The second-order valence-electron chi connectivity index (χ2n) is 5.81. The van der Waals surface area contributed by atoms with Gasteiger partial charge in [-0.05, 0) is 45.7 Å². The maximum absolute atomic E-state index is 11.9. The topological polar surface area (TPSA) is 38.3 Å². The lowest BCUT2D eigenvalue weighted by atomic mass is 10.1. The van der Waals surface area contributed by atoms with Crippen molar-refractivity contribution in [2.75, 3.05) is 5.32 Å². The molecule has 0 aliphatic carbocycles. The summed E-state index contributed by atoms with van der Waals surface area (Å²) < 4.78 is 5.37. The van der Waals surface area contributed by atoms with Gasteiger partial charge in [-0.3, -0.25) is 0 Å². The molecule has 0 saturated carbocycles. The molecule has 106 valence electrons. The molecule has 1 aromatic carbocycles. The molecule has 0 aliphatic rings.